The summed E-state index contributed by atoms with van der Waals surface area (Å²) in [7, 11) is 0. The molecule has 1 heterocycles. The Morgan fingerprint density at radius 2 is 1.79 bits per heavy atom. The predicted octanol–water partition coefficient (Wildman–Crippen LogP) is 5.05. The fourth-order valence-electron chi connectivity index (χ4n) is 2.54. The maximum atomic E-state index is 12.6. The molecule has 0 aromatic heterocycles. The molecular formula is C21H18ClNO4S. The van der Waals surface area contributed by atoms with Crippen LogP contribution in [0.5, 0.6) is 5.75 Å². The molecule has 3 rings (SSSR count). The Morgan fingerprint density at radius 1 is 1.11 bits per heavy atom. The highest BCUT2D eigenvalue weighted by Crippen LogP contribution is 2.32. The number of carbonyl (C=O) groups excluding carboxylic acids is 3. The minimum absolute atomic E-state index is 0.288. The molecule has 1 fully saturated rings. The van der Waals surface area contributed by atoms with E-state index in [-0.39, 0.29) is 17.2 Å². The largest absolute Gasteiger partial charge is 0.494 e. The van der Waals surface area contributed by atoms with Gasteiger partial charge in [0.25, 0.3) is 11.1 Å². The number of benzene rings is 2. The minimum Gasteiger partial charge on any atom is -0.494 e. The number of amides is 2. The molecule has 0 aliphatic carbocycles. The van der Waals surface area contributed by atoms with Gasteiger partial charge >= 0.3 is 0 Å². The fourth-order valence-corrected chi connectivity index (χ4v) is 3.50. The van der Waals surface area contributed by atoms with Crippen LogP contribution < -0.4 is 4.74 Å². The van der Waals surface area contributed by atoms with Gasteiger partial charge in [0.2, 0.25) is 0 Å². The summed E-state index contributed by atoms with van der Waals surface area (Å²) in [5, 5.41) is 0.0539. The third kappa shape index (κ3) is 4.82. The van der Waals surface area contributed by atoms with E-state index in [2.05, 4.69) is 0 Å². The van der Waals surface area contributed by atoms with Crippen molar-refractivity contribution < 1.29 is 19.1 Å². The zero-order chi connectivity index (χ0) is 20.1. The van der Waals surface area contributed by atoms with E-state index in [1.165, 1.54) is 0 Å². The van der Waals surface area contributed by atoms with E-state index in [4.69, 9.17) is 16.3 Å². The van der Waals surface area contributed by atoms with E-state index >= 15 is 0 Å². The molecule has 1 aliphatic heterocycles. The second kappa shape index (κ2) is 9.08. The Bertz CT molecular complexity index is 922. The van der Waals surface area contributed by atoms with Crippen molar-refractivity contribution in [3.63, 3.8) is 0 Å². The quantitative estimate of drug-likeness (QED) is 0.467. The van der Waals surface area contributed by atoms with Gasteiger partial charge in [-0.1, -0.05) is 30.7 Å². The molecule has 2 aromatic carbocycles. The number of ketones is 1. The molecule has 2 aromatic rings. The van der Waals surface area contributed by atoms with E-state index in [1.807, 2.05) is 31.2 Å². The first-order chi connectivity index (χ1) is 13.5. The second-order valence-corrected chi connectivity index (χ2v) is 7.55. The summed E-state index contributed by atoms with van der Waals surface area (Å²) >= 11 is 6.64. The lowest BCUT2D eigenvalue weighted by molar-refractivity contribution is -0.122. The number of carbonyl (C=O) groups is 3. The van der Waals surface area contributed by atoms with Crippen molar-refractivity contribution in [1.82, 2.24) is 4.90 Å². The summed E-state index contributed by atoms with van der Waals surface area (Å²) in [6.07, 6.45) is 2.56. The van der Waals surface area contributed by atoms with Crippen molar-refractivity contribution in [3.05, 3.63) is 69.6 Å². The van der Waals surface area contributed by atoms with E-state index < -0.39 is 11.1 Å². The molecule has 0 radical (unpaired) electrons. The van der Waals surface area contributed by atoms with Crippen molar-refractivity contribution in [2.75, 3.05) is 13.2 Å². The third-order valence-corrected chi connectivity index (χ3v) is 5.15. The van der Waals surface area contributed by atoms with Crippen LogP contribution in [-0.2, 0) is 4.79 Å². The zero-order valence-electron chi connectivity index (χ0n) is 15.2. The average molecular weight is 416 g/mol. The number of thioether (sulfide) groups is 1. The van der Waals surface area contributed by atoms with Gasteiger partial charge in [0.05, 0.1) is 18.1 Å². The maximum absolute atomic E-state index is 12.6. The number of rotatable bonds is 7. The predicted molar refractivity (Wildman–Crippen MR) is 111 cm³/mol. The molecule has 7 heteroatoms. The molecule has 0 spiro atoms. The number of imide groups is 1. The SMILES string of the molecule is CCCOc1ccc(/C=C2\SC(=O)N(CC(=O)c3ccc(Cl)cc3)C2=O)cc1. The van der Waals surface area contributed by atoms with Crippen LogP contribution in [0.25, 0.3) is 6.08 Å². The maximum Gasteiger partial charge on any atom is 0.293 e. The third-order valence-electron chi connectivity index (χ3n) is 3.99. The van der Waals surface area contributed by atoms with Gasteiger partial charge in [-0.25, -0.2) is 0 Å². The van der Waals surface area contributed by atoms with Gasteiger partial charge in [-0.2, -0.15) is 0 Å². The topological polar surface area (TPSA) is 63.7 Å². The smallest absolute Gasteiger partial charge is 0.293 e. The first kappa shape index (κ1) is 20.2. The summed E-state index contributed by atoms with van der Waals surface area (Å²) in [4.78, 5) is 38.4. The van der Waals surface area contributed by atoms with Crippen LogP contribution in [0.2, 0.25) is 5.02 Å². The highest BCUT2D eigenvalue weighted by Gasteiger charge is 2.36. The van der Waals surface area contributed by atoms with E-state index in [0.717, 1.165) is 34.4 Å². The molecule has 2 amide bonds. The Balaban J connectivity index is 1.69. The Morgan fingerprint density at radius 3 is 2.43 bits per heavy atom. The van der Waals surface area contributed by atoms with E-state index in [0.29, 0.717) is 17.2 Å². The Labute approximate surface area is 172 Å². The van der Waals surface area contributed by atoms with Crippen LogP contribution >= 0.6 is 23.4 Å². The number of hydrogen-bond donors (Lipinski definition) is 0. The molecule has 0 atom stereocenters. The molecular weight excluding hydrogens is 398 g/mol. The van der Waals surface area contributed by atoms with Crippen LogP contribution in [0.3, 0.4) is 0 Å². The van der Waals surface area contributed by atoms with Gasteiger partial charge in [-0.15, -0.1) is 0 Å². The van der Waals surface area contributed by atoms with Gasteiger partial charge < -0.3 is 4.74 Å². The lowest BCUT2D eigenvalue weighted by Crippen LogP contribution is -2.33. The van der Waals surface area contributed by atoms with Gasteiger partial charge in [-0.3, -0.25) is 19.3 Å². The van der Waals surface area contributed by atoms with E-state index in [9.17, 15) is 14.4 Å². The van der Waals surface area contributed by atoms with E-state index in [1.54, 1.807) is 30.3 Å². The first-order valence-corrected chi connectivity index (χ1v) is 9.94. The summed E-state index contributed by atoms with van der Waals surface area (Å²) in [5.74, 6) is -0.0399. The molecule has 1 saturated heterocycles. The number of hydrogen-bond acceptors (Lipinski definition) is 5. The highest BCUT2D eigenvalue weighted by atomic mass is 35.5. The normalized spacial score (nSPS) is 15.4. The van der Waals surface area contributed by atoms with Crippen molar-refractivity contribution in [2.24, 2.45) is 0 Å². The highest BCUT2D eigenvalue weighted by molar-refractivity contribution is 8.18. The van der Waals surface area contributed by atoms with Gasteiger partial charge in [0, 0.05) is 10.6 Å². The van der Waals surface area contributed by atoms with Crippen LogP contribution in [0.15, 0.2) is 53.4 Å². The van der Waals surface area contributed by atoms with Crippen LogP contribution in [0.4, 0.5) is 4.79 Å². The minimum atomic E-state index is -0.469. The van der Waals surface area contributed by atoms with Crippen molar-refractivity contribution in [1.29, 1.82) is 0 Å². The molecule has 0 bridgehead atoms. The number of Topliss-reactive ketones (excluding diaryl/α,β-unsaturated/α-hetero) is 1. The molecule has 0 N–H and O–H groups in total. The lowest BCUT2D eigenvalue weighted by Gasteiger charge is -2.11. The van der Waals surface area contributed by atoms with Crippen molar-refractivity contribution in [3.8, 4) is 5.75 Å². The van der Waals surface area contributed by atoms with Gasteiger partial charge in [0.15, 0.2) is 5.78 Å². The fraction of sp³-hybridized carbons (Fsp3) is 0.190. The summed E-state index contributed by atoms with van der Waals surface area (Å²) in [6.45, 7) is 2.37. The van der Waals surface area contributed by atoms with Crippen LogP contribution in [-0.4, -0.2) is 35.0 Å². The van der Waals surface area contributed by atoms with Crippen LogP contribution in [0.1, 0.15) is 29.3 Å². The second-order valence-electron chi connectivity index (χ2n) is 6.12. The Kier molecular flexibility index (Phi) is 6.54. The molecule has 0 unspecified atom stereocenters. The first-order valence-electron chi connectivity index (χ1n) is 8.75. The Hall–Kier alpha value is -2.57. The summed E-state index contributed by atoms with van der Waals surface area (Å²) in [6, 6.07) is 13.6. The zero-order valence-corrected chi connectivity index (χ0v) is 16.8. The lowest BCUT2D eigenvalue weighted by atomic mass is 10.1. The molecule has 0 saturated carbocycles. The molecule has 28 heavy (non-hydrogen) atoms. The number of halogens is 1. The summed E-state index contributed by atoms with van der Waals surface area (Å²) in [5.41, 5.74) is 1.17. The monoisotopic (exact) mass is 415 g/mol. The average Bonchev–Trinajstić information content (AvgIpc) is 2.95. The van der Waals surface area contributed by atoms with Gasteiger partial charge in [0.1, 0.15) is 5.75 Å². The molecule has 1 aliphatic rings. The molecule has 5 nitrogen and oxygen atoms in total. The van der Waals surface area contributed by atoms with Crippen molar-refractivity contribution in [2.45, 2.75) is 13.3 Å². The number of nitrogens with zero attached hydrogens (tertiary/aromatic N) is 1. The standard InChI is InChI=1S/C21H18ClNO4S/c1-2-11-27-17-9-3-14(4-10-17)12-19-20(25)23(21(26)28-19)13-18(24)15-5-7-16(22)8-6-15/h3-10,12H,2,11,13H2,1H3/b19-12-. The van der Waals surface area contributed by atoms with Crippen molar-refractivity contribution >= 4 is 46.4 Å². The molecule has 144 valence electrons. The summed E-state index contributed by atoms with van der Waals surface area (Å²) < 4.78 is 5.53. The number of ether oxygens (including phenoxy) is 1. The van der Waals surface area contributed by atoms with Crippen LogP contribution in [0, 0.1) is 0 Å². The van der Waals surface area contributed by atoms with Gasteiger partial charge in [-0.05, 0) is 66.2 Å².